The highest BCUT2D eigenvalue weighted by Crippen LogP contribution is 2.31. The van der Waals surface area contributed by atoms with Crippen molar-refractivity contribution in [3.8, 4) is 11.4 Å². The van der Waals surface area contributed by atoms with Gasteiger partial charge >= 0.3 is 0 Å². The normalized spacial score (nSPS) is 13.6. The molecule has 0 aliphatic carbocycles. The number of aromatic nitrogens is 5. The summed E-state index contributed by atoms with van der Waals surface area (Å²) in [5, 5.41) is 16.1. The highest BCUT2D eigenvalue weighted by molar-refractivity contribution is 6.33. The minimum Gasteiger partial charge on any atom is -0.324 e. The van der Waals surface area contributed by atoms with E-state index in [4.69, 9.17) is 11.6 Å². The lowest BCUT2D eigenvalue weighted by Crippen LogP contribution is -2.29. The first kappa shape index (κ1) is 19.3. The van der Waals surface area contributed by atoms with E-state index in [-0.39, 0.29) is 18.0 Å². The van der Waals surface area contributed by atoms with Crippen LogP contribution in [0.4, 0.5) is 5.69 Å². The first-order chi connectivity index (χ1) is 14.0. The van der Waals surface area contributed by atoms with Crippen LogP contribution in [0.2, 0.25) is 5.02 Å². The minimum atomic E-state index is -0.349. The lowest BCUT2D eigenvalue weighted by atomic mass is 10.1. The number of anilines is 1. The second-order valence-electron chi connectivity index (χ2n) is 7.12. The van der Waals surface area contributed by atoms with Gasteiger partial charge in [-0.2, -0.15) is 5.10 Å². The number of nitrogens with zero attached hydrogens (tertiary/aromatic N) is 5. The number of carbonyl (C=O) groups excluding carboxylic acids is 1. The predicted octanol–water partition coefficient (Wildman–Crippen LogP) is 2.83. The zero-order chi connectivity index (χ0) is 20.4. The molecule has 0 fully saturated rings. The van der Waals surface area contributed by atoms with Crippen LogP contribution in [-0.2, 0) is 24.3 Å². The van der Waals surface area contributed by atoms with Gasteiger partial charge in [0.05, 0.1) is 10.7 Å². The number of hydrogen-bond acceptors (Lipinski definition) is 5. The van der Waals surface area contributed by atoms with Gasteiger partial charge in [-0.15, -0.1) is 10.2 Å². The van der Waals surface area contributed by atoms with Crippen LogP contribution in [0.3, 0.4) is 0 Å². The molecule has 1 aromatic carbocycles. The van der Waals surface area contributed by atoms with Gasteiger partial charge in [0, 0.05) is 30.3 Å². The standard InChI is InChI=1S/C20H21ClN6O2/c1-13-6-9-19(29)27(25-13)12-18(28)22-14-7-8-16(21)15(11-14)20-24-23-17-5-3-2-4-10-26(17)20/h6-9,11H,2-5,10,12H2,1H3,(H,22,28). The highest BCUT2D eigenvalue weighted by Gasteiger charge is 2.18. The van der Waals surface area contributed by atoms with E-state index >= 15 is 0 Å². The molecule has 0 saturated carbocycles. The third-order valence-corrected chi connectivity index (χ3v) is 5.22. The topological polar surface area (TPSA) is 94.7 Å². The summed E-state index contributed by atoms with van der Waals surface area (Å²) in [7, 11) is 0. The van der Waals surface area contributed by atoms with Gasteiger partial charge in [-0.05, 0) is 44.0 Å². The SMILES string of the molecule is Cc1ccc(=O)n(CC(=O)Nc2ccc(Cl)c(-c3nnc4n3CCCCC4)c2)n1. The summed E-state index contributed by atoms with van der Waals surface area (Å²) in [6, 6.07) is 8.24. The Morgan fingerprint density at radius 1 is 1.17 bits per heavy atom. The Balaban J connectivity index is 1.58. The summed E-state index contributed by atoms with van der Waals surface area (Å²) >= 11 is 6.43. The van der Waals surface area contributed by atoms with Crippen molar-refractivity contribution >= 4 is 23.2 Å². The number of carbonyl (C=O) groups is 1. The maximum absolute atomic E-state index is 12.4. The Labute approximate surface area is 172 Å². The summed E-state index contributed by atoms with van der Waals surface area (Å²) in [5.41, 5.74) is 1.63. The molecule has 2 aromatic heterocycles. The zero-order valence-electron chi connectivity index (χ0n) is 16.1. The van der Waals surface area contributed by atoms with Crippen LogP contribution in [0.25, 0.3) is 11.4 Å². The average molecular weight is 413 g/mol. The van der Waals surface area contributed by atoms with Crippen LogP contribution in [0, 0.1) is 6.92 Å². The summed E-state index contributed by atoms with van der Waals surface area (Å²) in [4.78, 5) is 24.3. The van der Waals surface area contributed by atoms with E-state index in [1.807, 2.05) is 0 Å². The third-order valence-electron chi connectivity index (χ3n) is 4.89. The maximum atomic E-state index is 12.4. The molecule has 1 N–H and O–H groups in total. The first-order valence-electron chi connectivity index (χ1n) is 9.58. The van der Waals surface area contributed by atoms with Gasteiger partial charge in [-0.3, -0.25) is 9.59 Å². The van der Waals surface area contributed by atoms with Crippen LogP contribution < -0.4 is 10.9 Å². The third kappa shape index (κ3) is 4.22. The van der Waals surface area contributed by atoms with E-state index in [0.717, 1.165) is 41.9 Å². The van der Waals surface area contributed by atoms with Crippen molar-refractivity contribution < 1.29 is 4.79 Å². The van der Waals surface area contributed by atoms with Crippen LogP contribution >= 0.6 is 11.6 Å². The Kier molecular flexibility index (Phi) is 5.44. The van der Waals surface area contributed by atoms with E-state index in [1.165, 1.54) is 12.5 Å². The van der Waals surface area contributed by atoms with Crippen molar-refractivity contribution in [2.45, 2.75) is 45.7 Å². The predicted molar refractivity (Wildman–Crippen MR) is 110 cm³/mol. The Hall–Kier alpha value is -3.00. The Morgan fingerprint density at radius 2 is 2.03 bits per heavy atom. The number of benzene rings is 1. The van der Waals surface area contributed by atoms with Gasteiger partial charge in [-0.25, -0.2) is 4.68 Å². The maximum Gasteiger partial charge on any atom is 0.267 e. The van der Waals surface area contributed by atoms with Gasteiger partial charge in [0.15, 0.2) is 5.82 Å². The molecule has 1 amide bonds. The number of aryl methyl sites for hydroxylation is 2. The summed E-state index contributed by atoms with van der Waals surface area (Å²) in [6.07, 6.45) is 4.25. The molecule has 0 spiro atoms. The number of amides is 1. The zero-order valence-corrected chi connectivity index (χ0v) is 16.8. The van der Waals surface area contributed by atoms with Gasteiger partial charge in [-0.1, -0.05) is 18.0 Å². The van der Waals surface area contributed by atoms with E-state index in [1.54, 1.807) is 31.2 Å². The molecule has 1 aliphatic rings. The van der Waals surface area contributed by atoms with E-state index in [2.05, 4.69) is 25.2 Å². The first-order valence-corrected chi connectivity index (χ1v) is 9.96. The largest absolute Gasteiger partial charge is 0.324 e. The molecule has 0 saturated heterocycles. The molecule has 3 heterocycles. The molecule has 0 unspecified atom stereocenters. The van der Waals surface area contributed by atoms with Gasteiger partial charge < -0.3 is 9.88 Å². The van der Waals surface area contributed by atoms with Gasteiger partial charge in [0.1, 0.15) is 12.4 Å². The fraction of sp³-hybridized carbons (Fsp3) is 0.350. The molecule has 29 heavy (non-hydrogen) atoms. The molecule has 0 bridgehead atoms. The van der Waals surface area contributed by atoms with Crippen LogP contribution in [0.1, 0.15) is 30.8 Å². The van der Waals surface area contributed by atoms with Crippen molar-refractivity contribution in [1.29, 1.82) is 0 Å². The molecule has 9 heteroatoms. The second kappa shape index (κ2) is 8.16. The molecular formula is C20H21ClN6O2. The van der Waals surface area contributed by atoms with Crippen molar-refractivity contribution in [2.75, 3.05) is 5.32 Å². The highest BCUT2D eigenvalue weighted by atomic mass is 35.5. The molecule has 8 nitrogen and oxygen atoms in total. The lowest BCUT2D eigenvalue weighted by Gasteiger charge is -2.11. The number of halogens is 1. The molecule has 0 atom stereocenters. The van der Waals surface area contributed by atoms with Crippen molar-refractivity contribution in [2.24, 2.45) is 0 Å². The number of nitrogens with one attached hydrogen (secondary N) is 1. The van der Waals surface area contributed by atoms with E-state index in [0.29, 0.717) is 22.2 Å². The number of hydrogen-bond donors (Lipinski definition) is 1. The quantitative estimate of drug-likeness (QED) is 0.711. The molecule has 4 rings (SSSR count). The molecule has 150 valence electrons. The summed E-state index contributed by atoms with van der Waals surface area (Å²) < 4.78 is 3.25. The van der Waals surface area contributed by atoms with Crippen LogP contribution in [0.15, 0.2) is 35.1 Å². The number of rotatable bonds is 4. The Morgan fingerprint density at radius 3 is 2.90 bits per heavy atom. The summed E-state index contributed by atoms with van der Waals surface area (Å²) in [5.74, 6) is 1.33. The Bertz CT molecular complexity index is 1120. The average Bonchev–Trinajstić information content (AvgIpc) is 2.94. The minimum absolute atomic E-state index is 0.168. The molecular weight excluding hydrogens is 392 g/mol. The van der Waals surface area contributed by atoms with Gasteiger partial charge in [0.2, 0.25) is 5.91 Å². The van der Waals surface area contributed by atoms with Crippen molar-refractivity contribution in [1.82, 2.24) is 24.5 Å². The van der Waals surface area contributed by atoms with E-state index < -0.39 is 0 Å². The fourth-order valence-corrected chi connectivity index (χ4v) is 3.66. The monoisotopic (exact) mass is 412 g/mol. The number of fused-ring (bicyclic) bond motifs is 1. The smallest absolute Gasteiger partial charge is 0.267 e. The lowest BCUT2D eigenvalue weighted by molar-refractivity contribution is -0.117. The fourth-order valence-electron chi connectivity index (χ4n) is 3.46. The van der Waals surface area contributed by atoms with Crippen LogP contribution in [-0.4, -0.2) is 30.5 Å². The molecule has 0 radical (unpaired) electrons. The molecule has 1 aliphatic heterocycles. The van der Waals surface area contributed by atoms with Crippen molar-refractivity contribution in [3.63, 3.8) is 0 Å². The van der Waals surface area contributed by atoms with Crippen LogP contribution in [0.5, 0.6) is 0 Å². The summed E-state index contributed by atoms with van der Waals surface area (Å²) in [6.45, 7) is 2.45. The van der Waals surface area contributed by atoms with Crippen molar-refractivity contribution in [3.05, 3.63) is 57.2 Å². The van der Waals surface area contributed by atoms with Gasteiger partial charge in [0.25, 0.3) is 5.56 Å². The second-order valence-corrected chi connectivity index (χ2v) is 7.52. The van der Waals surface area contributed by atoms with E-state index in [9.17, 15) is 9.59 Å². The molecule has 3 aromatic rings.